The highest BCUT2D eigenvalue weighted by Gasteiger charge is 2.07. The summed E-state index contributed by atoms with van der Waals surface area (Å²) < 4.78 is 4.58. The lowest BCUT2D eigenvalue weighted by Gasteiger charge is -2.04. The van der Waals surface area contributed by atoms with Crippen LogP contribution < -0.4 is 5.73 Å². The summed E-state index contributed by atoms with van der Waals surface area (Å²) in [5, 5.41) is 1.64. The SMILES string of the molecule is COC(=O)CSc1ncnc2cc(N)ccc12. The van der Waals surface area contributed by atoms with Crippen LogP contribution in [0.2, 0.25) is 0 Å². The number of ether oxygens (including phenoxy) is 1. The molecule has 0 fully saturated rings. The van der Waals surface area contributed by atoms with Gasteiger partial charge in [-0.15, -0.1) is 0 Å². The Morgan fingerprint density at radius 2 is 2.29 bits per heavy atom. The topological polar surface area (TPSA) is 78.1 Å². The number of carbonyl (C=O) groups excluding carboxylic acids is 1. The molecule has 1 heterocycles. The second-order valence-corrected chi connectivity index (χ2v) is 4.28. The van der Waals surface area contributed by atoms with Crippen molar-refractivity contribution in [2.45, 2.75) is 5.03 Å². The van der Waals surface area contributed by atoms with Crippen molar-refractivity contribution in [1.29, 1.82) is 0 Å². The molecule has 17 heavy (non-hydrogen) atoms. The first-order valence-electron chi connectivity index (χ1n) is 4.90. The summed E-state index contributed by atoms with van der Waals surface area (Å²) >= 11 is 1.32. The third-order valence-electron chi connectivity index (χ3n) is 2.18. The number of nitrogens with two attached hydrogens (primary N) is 1. The number of aromatic nitrogens is 2. The Bertz CT molecular complexity index is 559. The lowest BCUT2D eigenvalue weighted by Crippen LogP contribution is -2.03. The molecule has 0 aliphatic carbocycles. The van der Waals surface area contributed by atoms with Gasteiger partial charge in [0.15, 0.2) is 0 Å². The minimum atomic E-state index is -0.280. The van der Waals surface area contributed by atoms with E-state index in [2.05, 4.69) is 14.7 Å². The summed E-state index contributed by atoms with van der Waals surface area (Å²) in [7, 11) is 1.36. The molecule has 0 amide bonds. The van der Waals surface area contributed by atoms with E-state index in [1.807, 2.05) is 6.07 Å². The molecule has 0 atom stereocenters. The van der Waals surface area contributed by atoms with Crippen molar-refractivity contribution in [3.8, 4) is 0 Å². The zero-order chi connectivity index (χ0) is 12.3. The number of nitrogen functional groups attached to an aromatic ring is 1. The largest absolute Gasteiger partial charge is 0.468 e. The second-order valence-electron chi connectivity index (χ2n) is 3.32. The highest BCUT2D eigenvalue weighted by atomic mass is 32.2. The summed E-state index contributed by atoms with van der Waals surface area (Å²) in [6, 6.07) is 5.41. The minimum absolute atomic E-state index is 0.229. The third-order valence-corrected chi connectivity index (χ3v) is 3.16. The van der Waals surface area contributed by atoms with Gasteiger partial charge in [-0.3, -0.25) is 4.79 Å². The molecule has 0 unspecified atom stereocenters. The zero-order valence-electron chi connectivity index (χ0n) is 9.21. The van der Waals surface area contributed by atoms with Gasteiger partial charge < -0.3 is 10.5 Å². The number of fused-ring (bicyclic) bond motifs is 1. The molecular formula is C11H11N3O2S. The van der Waals surface area contributed by atoms with Crippen molar-refractivity contribution in [3.05, 3.63) is 24.5 Å². The zero-order valence-corrected chi connectivity index (χ0v) is 10.0. The third kappa shape index (κ3) is 2.65. The standard InChI is InChI=1S/C11H11N3O2S/c1-16-10(15)5-17-11-8-3-2-7(12)4-9(8)13-6-14-11/h2-4,6H,5,12H2,1H3. The van der Waals surface area contributed by atoms with E-state index < -0.39 is 0 Å². The predicted molar refractivity (Wildman–Crippen MR) is 66.7 cm³/mol. The lowest BCUT2D eigenvalue weighted by atomic mass is 10.2. The number of rotatable bonds is 3. The first-order chi connectivity index (χ1) is 8.20. The van der Waals surface area contributed by atoms with Crippen molar-refractivity contribution in [2.24, 2.45) is 0 Å². The van der Waals surface area contributed by atoms with E-state index in [0.29, 0.717) is 5.69 Å². The molecule has 1 aromatic carbocycles. The fourth-order valence-corrected chi connectivity index (χ4v) is 2.17. The van der Waals surface area contributed by atoms with Crippen LogP contribution in [0.3, 0.4) is 0 Å². The van der Waals surface area contributed by atoms with Gasteiger partial charge in [0.25, 0.3) is 0 Å². The van der Waals surface area contributed by atoms with Crippen LogP contribution in [0.1, 0.15) is 0 Å². The van der Waals surface area contributed by atoms with Crippen LogP contribution in [0.15, 0.2) is 29.6 Å². The molecule has 0 saturated carbocycles. The van der Waals surface area contributed by atoms with Gasteiger partial charge in [0.05, 0.1) is 18.4 Å². The fraction of sp³-hybridized carbons (Fsp3) is 0.182. The number of thioether (sulfide) groups is 1. The molecule has 1 aromatic heterocycles. The Balaban J connectivity index is 2.31. The van der Waals surface area contributed by atoms with Gasteiger partial charge in [0.2, 0.25) is 0 Å². The van der Waals surface area contributed by atoms with Crippen LogP contribution in [0, 0.1) is 0 Å². The summed E-state index contributed by atoms with van der Waals surface area (Å²) in [6.45, 7) is 0. The number of methoxy groups -OCH3 is 1. The maximum Gasteiger partial charge on any atom is 0.316 e. The second kappa shape index (κ2) is 5.01. The van der Waals surface area contributed by atoms with Gasteiger partial charge in [0, 0.05) is 11.1 Å². The highest BCUT2D eigenvalue weighted by Crippen LogP contribution is 2.25. The summed E-state index contributed by atoms with van der Waals surface area (Å²) in [5.41, 5.74) is 7.10. The van der Waals surface area contributed by atoms with Gasteiger partial charge in [-0.1, -0.05) is 11.8 Å². The van der Waals surface area contributed by atoms with Crippen LogP contribution in [0.25, 0.3) is 10.9 Å². The molecule has 0 spiro atoms. The van der Waals surface area contributed by atoms with Gasteiger partial charge in [-0.25, -0.2) is 9.97 Å². The molecule has 0 radical (unpaired) electrons. The van der Waals surface area contributed by atoms with E-state index in [4.69, 9.17) is 5.73 Å². The maximum atomic E-state index is 11.1. The number of carbonyl (C=O) groups is 1. The molecule has 5 nitrogen and oxygen atoms in total. The molecule has 0 aliphatic rings. The number of benzene rings is 1. The smallest absolute Gasteiger partial charge is 0.316 e. The lowest BCUT2D eigenvalue weighted by molar-refractivity contribution is -0.137. The molecule has 2 rings (SSSR count). The number of anilines is 1. The maximum absolute atomic E-state index is 11.1. The Morgan fingerprint density at radius 1 is 1.47 bits per heavy atom. The van der Waals surface area contributed by atoms with Crippen molar-refractivity contribution in [3.63, 3.8) is 0 Å². The predicted octanol–water partition coefficient (Wildman–Crippen LogP) is 1.48. The Hall–Kier alpha value is -1.82. The molecule has 6 heteroatoms. The summed E-state index contributed by atoms with van der Waals surface area (Å²) in [5.74, 6) is -0.0512. The van der Waals surface area contributed by atoms with E-state index in [1.165, 1.54) is 25.2 Å². The van der Waals surface area contributed by atoms with E-state index >= 15 is 0 Å². The average molecular weight is 249 g/mol. The first kappa shape index (κ1) is 11.7. The average Bonchev–Trinajstić information content (AvgIpc) is 2.35. The fourth-order valence-electron chi connectivity index (χ4n) is 1.35. The first-order valence-corrected chi connectivity index (χ1v) is 5.89. The monoisotopic (exact) mass is 249 g/mol. The Labute approximate surface area is 102 Å². The van der Waals surface area contributed by atoms with Crippen molar-refractivity contribution >= 4 is 34.3 Å². The van der Waals surface area contributed by atoms with E-state index in [0.717, 1.165) is 15.9 Å². The highest BCUT2D eigenvalue weighted by molar-refractivity contribution is 8.00. The molecule has 2 N–H and O–H groups in total. The van der Waals surface area contributed by atoms with E-state index in [1.54, 1.807) is 12.1 Å². The number of nitrogens with zero attached hydrogens (tertiary/aromatic N) is 2. The van der Waals surface area contributed by atoms with Gasteiger partial charge in [-0.05, 0) is 18.2 Å². The number of hydrogen-bond donors (Lipinski definition) is 1. The minimum Gasteiger partial charge on any atom is -0.468 e. The summed E-state index contributed by atoms with van der Waals surface area (Å²) in [4.78, 5) is 19.3. The van der Waals surface area contributed by atoms with Crippen molar-refractivity contribution < 1.29 is 9.53 Å². The van der Waals surface area contributed by atoms with Crippen molar-refractivity contribution in [2.75, 3.05) is 18.6 Å². The molecule has 88 valence electrons. The molecule has 2 aromatic rings. The van der Waals surface area contributed by atoms with E-state index in [-0.39, 0.29) is 11.7 Å². The molecule has 0 bridgehead atoms. The number of esters is 1. The van der Waals surface area contributed by atoms with Gasteiger partial charge in [-0.2, -0.15) is 0 Å². The number of hydrogen-bond acceptors (Lipinski definition) is 6. The molecular weight excluding hydrogens is 238 g/mol. The van der Waals surface area contributed by atoms with Crippen molar-refractivity contribution in [1.82, 2.24) is 9.97 Å². The van der Waals surface area contributed by atoms with Crippen LogP contribution in [0.4, 0.5) is 5.69 Å². The quantitative estimate of drug-likeness (QED) is 0.384. The van der Waals surface area contributed by atoms with E-state index in [9.17, 15) is 4.79 Å². The normalized spacial score (nSPS) is 10.4. The Kier molecular flexibility index (Phi) is 3.43. The van der Waals surface area contributed by atoms with Gasteiger partial charge in [0.1, 0.15) is 11.4 Å². The summed E-state index contributed by atoms with van der Waals surface area (Å²) in [6.07, 6.45) is 1.46. The Morgan fingerprint density at radius 3 is 3.06 bits per heavy atom. The molecule has 0 saturated heterocycles. The van der Waals surface area contributed by atoms with Crippen LogP contribution in [0.5, 0.6) is 0 Å². The molecule has 0 aliphatic heterocycles. The van der Waals surface area contributed by atoms with Crippen LogP contribution in [-0.4, -0.2) is 28.8 Å². The van der Waals surface area contributed by atoms with Crippen LogP contribution >= 0.6 is 11.8 Å². The van der Waals surface area contributed by atoms with Crippen LogP contribution in [-0.2, 0) is 9.53 Å². The van der Waals surface area contributed by atoms with Gasteiger partial charge >= 0.3 is 5.97 Å².